The third-order valence-corrected chi connectivity index (χ3v) is 3.91. The predicted octanol–water partition coefficient (Wildman–Crippen LogP) is 3.45. The first-order chi connectivity index (χ1) is 9.80. The van der Waals surface area contributed by atoms with Crippen molar-refractivity contribution < 1.29 is 9.47 Å². The van der Waals surface area contributed by atoms with Gasteiger partial charge in [-0.3, -0.25) is 0 Å². The second-order valence-corrected chi connectivity index (χ2v) is 5.08. The highest BCUT2D eigenvalue weighted by Crippen LogP contribution is 2.35. The Morgan fingerprint density at radius 3 is 2.80 bits per heavy atom. The molecule has 3 aromatic rings. The van der Waals surface area contributed by atoms with E-state index in [0.29, 0.717) is 0 Å². The fourth-order valence-corrected chi connectivity index (χ4v) is 2.73. The third-order valence-electron chi connectivity index (χ3n) is 2.82. The van der Waals surface area contributed by atoms with Crippen molar-refractivity contribution in [1.29, 1.82) is 0 Å². The SMILES string of the molecule is COc1cccc(Nc2ncnc3cc(OC)sc23)c1. The van der Waals surface area contributed by atoms with E-state index in [1.165, 1.54) is 17.7 Å². The molecule has 0 aliphatic carbocycles. The van der Waals surface area contributed by atoms with Crippen LogP contribution in [0.1, 0.15) is 0 Å². The maximum atomic E-state index is 5.24. The van der Waals surface area contributed by atoms with Crippen LogP contribution in [0, 0.1) is 0 Å². The van der Waals surface area contributed by atoms with Crippen LogP contribution in [-0.2, 0) is 0 Å². The van der Waals surface area contributed by atoms with Crippen LogP contribution in [0.4, 0.5) is 11.5 Å². The highest BCUT2D eigenvalue weighted by Gasteiger charge is 2.09. The number of ether oxygens (including phenoxy) is 2. The minimum atomic E-state index is 0.761. The van der Waals surface area contributed by atoms with Crippen molar-refractivity contribution in [2.45, 2.75) is 0 Å². The maximum absolute atomic E-state index is 5.24. The number of hydrogen-bond donors (Lipinski definition) is 1. The lowest BCUT2D eigenvalue weighted by atomic mass is 10.3. The number of thiophene rings is 1. The van der Waals surface area contributed by atoms with Crippen LogP contribution in [0.15, 0.2) is 36.7 Å². The van der Waals surface area contributed by atoms with Crippen LogP contribution >= 0.6 is 11.3 Å². The summed E-state index contributed by atoms with van der Waals surface area (Å²) in [6.45, 7) is 0. The molecule has 2 heterocycles. The summed E-state index contributed by atoms with van der Waals surface area (Å²) in [6.07, 6.45) is 1.54. The van der Waals surface area contributed by atoms with Gasteiger partial charge in [0.2, 0.25) is 0 Å². The van der Waals surface area contributed by atoms with E-state index in [1.807, 2.05) is 30.3 Å². The van der Waals surface area contributed by atoms with E-state index in [1.54, 1.807) is 14.2 Å². The molecule has 3 rings (SSSR count). The summed E-state index contributed by atoms with van der Waals surface area (Å²) in [5.74, 6) is 1.56. The minimum Gasteiger partial charge on any atom is -0.497 e. The van der Waals surface area contributed by atoms with Gasteiger partial charge >= 0.3 is 0 Å². The summed E-state index contributed by atoms with van der Waals surface area (Å²) in [6, 6.07) is 9.60. The molecule has 0 radical (unpaired) electrons. The Labute approximate surface area is 120 Å². The average molecular weight is 287 g/mol. The summed E-state index contributed by atoms with van der Waals surface area (Å²) < 4.78 is 11.4. The highest BCUT2D eigenvalue weighted by molar-refractivity contribution is 7.21. The summed E-state index contributed by atoms with van der Waals surface area (Å²) in [5, 5.41) is 4.10. The Bertz CT molecular complexity index is 742. The van der Waals surface area contributed by atoms with Gasteiger partial charge in [-0.2, -0.15) is 0 Å². The van der Waals surface area contributed by atoms with Crippen molar-refractivity contribution in [3.05, 3.63) is 36.7 Å². The Balaban J connectivity index is 1.99. The lowest BCUT2D eigenvalue weighted by Gasteiger charge is -2.07. The topological polar surface area (TPSA) is 56.3 Å². The first-order valence-corrected chi connectivity index (χ1v) is 6.81. The molecule has 0 aliphatic rings. The Hall–Kier alpha value is -2.34. The summed E-state index contributed by atoms with van der Waals surface area (Å²) >= 11 is 1.51. The number of benzene rings is 1. The molecule has 102 valence electrons. The average Bonchev–Trinajstić information content (AvgIpc) is 2.92. The molecule has 20 heavy (non-hydrogen) atoms. The second kappa shape index (κ2) is 5.34. The van der Waals surface area contributed by atoms with Gasteiger partial charge in [-0.05, 0) is 12.1 Å². The fourth-order valence-electron chi connectivity index (χ4n) is 1.86. The monoisotopic (exact) mass is 287 g/mol. The van der Waals surface area contributed by atoms with Gasteiger partial charge < -0.3 is 14.8 Å². The van der Waals surface area contributed by atoms with Crippen LogP contribution < -0.4 is 14.8 Å². The van der Waals surface area contributed by atoms with Crippen molar-refractivity contribution in [1.82, 2.24) is 9.97 Å². The molecule has 2 aromatic heterocycles. The van der Waals surface area contributed by atoms with Crippen molar-refractivity contribution >= 4 is 33.1 Å². The van der Waals surface area contributed by atoms with Crippen LogP contribution in [0.2, 0.25) is 0 Å². The molecule has 0 amide bonds. The van der Waals surface area contributed by atoms with E-state index in [9.17, 15) is 0 Å². The zero-order chi connectivity index (χ0) is 13.9. The van der Waals surface area contributed by atoms with Crippen LogP contribution in [-0.4, -0.2) is 24.2 Å². The normalized spacial score (nSPS) is 10.5. The van der Waals surface area contributed by atoms with E-state index < -0.39 is 0 Å². The molecule has 0 spiro atoms. The van der Waals surface area contributed by atoms with Crippen molar-refractivity contribution in [3.8, 4) is 10.8 Å². The highest BCUT2D eigenvalue weighted by atomic mass is 32.1. The largest absolute Gasteiger partial charge is 0.497 e. The molecule has 1 aromatic carbocycles. The smallest absolute Gasteiger partial charge is 0.176 e. The van der Waals surface area contributed by atoms with Crippen molar-refractivity contribution in [3.63, 3.8) is 0 Å². The molecule has 0 unspecified atom stereocenters. The number of hydrogen-bond acceptors (Lipinski definition) is 6. The Kier molecular flexibility index (Phi) is 3.39. The molecular formula is C14H13N3O2S. The number of aromatic nitrogens is 2. The lowest BCUT2D eigenvalue weighted by molar-refractivity contribution is 0.415. The Morgan fingerprint density at radius 2 is 2.00 bits per heavy atom. The molecule has 0 fully saturated rings. The maximum Gasteiger partial charge on any atom is 0.176 e. The summed E-state index contributed by atoms with van der Waals surface area (Å²) in [7, 11) is 3.29. The van der Waals surface area contributed by atoms with Gasteiger partial charge in [0, 0.05) is 17.8 Å². The standard InChI is InChI=1S/C14H13N3O2S/c1-18-10-5-3-4-9(6-10)17-14-13-11(15-8-16-14)7-12(19-2)20-13/h3-8H,1-2H3,(H,15,16,17). The quantitative estimate of drug-likeness (QED) is 0.796. The summed E-state index contributed by atoms with van der Waals surface area (Å²) in [5.41, 5.74) is 1.78. The lowest BCUT2D eigenvalue weighted by Crippen LogP contribution is -1.94. The number of fused-ring (bicyclic) bond motifs is 1. The molecule has 0 saturated carbocycles. The van der Waals surface area contributed by atoms with Gasteiger partial charge in [-0.1, -0.05) is 17.4 Å². The van der Waals surface area contributed by atoms with Crippen LogP contribution in [0.25, 0.3) is 10.2 Å². The second-order valence-electron chi connectivity index (χ2n) is 4.06. The predicted molar refractivity (Wildman–Crippen MR) is 80.2 cm³/mol. The molecule has 6 heteroatoms. The number of nitrogens with zero attached hydrogens (tertiary/aromatic N) is 2. The van der Waals surface area contributed by atoms with Gasteiger partial charge in [0.15, 0.2) is 10.9 Å². The zero-order valence-corrected chi connectivity index (χ0v) is 11.9. The number of methoxy groups -OCH3 is 2. The first-order valence-electron chi connectivity index (χ1n) is 6.00. The van der Waals surface area contributed by atoms with Crippen molar-refractivity contribution in [2.24, 2.45) is 0 Å². The van der Waals surface area contributed by atoms with Crippen LogP contribution in [0.3, 0.4) is 0 Å². The van der Waals surface area contributed by atoms with Gasteiger partial charge in [0.05, 0.1) is 24.4 Å². The summed E-state index contributed by atoms with van der Waals surface area (Å²) in [4.78, 5) is 8.54. The number of rotatable bonds is 4. The Morgan fingerprint density at radius 1 is 1.10 bits per heavy atom. The minimum absolute atomic E-state index is 0.761. The zero-order valence-electron chi connectivity index (χ0n) is 11.1. The van der Waals surface area contributed by atoms with E-state index in [-0.39, 0.29) is 0 Å². The van der Waals surface area contributed by atoms with Crippen LogP contribution in [0.5, 0.6) is 10.8 Å². The van der Waals surface area contributed by atoms with E-state index in [0.717, 1.165) is 32.5 Å². The molecule has 5 nitrogen and oxygen atoms in total. The first kappa shape index (κ1) is 12.7. The number of nitrogens with one attached hydrogen (secondary N) is 1. The third kappa shape index (κ3) is 2.37. The number of anilines is 2. The van der Waals surface area contributed by atoms with Gasteiger partial charge in [0.1, 0.15) is 12.1 Å². The fraction of sp³-hybridized carbons (Fsp3) is 0.143. The van der Waals surface area contributed by atoms with E-state index >= 15 is 0 Å². The van der Waals surface area contributed by atoms with E-state index in [4.69, 9.17) is 9.47 Å². The molecular weight excluding hydrogens is 274 g/mol. The molecule has 0 bridgehead atoms. The molecule has 0 saturated heterocycles. The van der Waals surface area contributed by atoms with Gasteiger partial charge in [0.25, 0.3) is 0 Å². The van der Waals surface area contributed by atoms with Gasteiger partial charge in [-0.15, -0.1) is 0 Å². The molecule has 0 aliphatic heterocycles. The van der Waals surface area contributed by atoms with E-state index in [2.05, 4.69) is 15.3 Å². The van der Waals surface area contributed by atoms with Gasteiger partial charge in [-0.25, -0.2) is 9.97 Å². The molecule has 1 N–H and O–H groups in total. The molecule has 0 atom stereocenters. The van der Waals surface area contributed by atoms with Crippen molar-refractivity contribution in [2.75, 3.05) is 19.5 Å².